The molecule has 0 N–H and O–H groups in total. The van der Waals surface area contributed by atoms with Crippen LogP contribution in [0.5, 0.6) is 5.75 Å². The van der Waals surface area contributed by atoms with Crippen LogP contribution < -0.4 is 4.74 Å². The average Bonchev–Trinajstić information content (AvgIpc) is 2.72. The molecule has 2 saturated carbocycles. The third kappa shape index (κ3) is 6.00. The van der Waals surface area contributed by atoms with Crippen LogP contribution in [0.4, 0.5) is 0 Å². The Labute approximate surface area is 179 Å². The zero-order chi connectivity index (χ0) is 20.7. The van der Waals surface area contributed by atoms with Gasteiger partial charge in [-0.3, -0.25) is 0 Å². The number of benzene rings is 1. The van der Waals surface area contributed by atoms with Crippen LogP contribution in [0.1, 0.15) is 97.5 Å². The molecule has 164 valence electrons. The van der Waals surface area contributed by atoms with Crippen LogP contribution >= 0.6 is 0 Å². The van der Waals surface area contributed by atoms with Crippen molar-refractivity contribution in [3.05, 3.63) is 29.8 Å². The van der Waals surface area contributed by atoms with Crippen molar-refractivity contribution in [3.8, 4) is 5.75 Å². The van der Waals surface area contributed by atoms with Gasteiger partial charge in [-0.05, 0) is 74.0 Å². The van der Waals surface area contributed by atoms with Gasteiger partial charge in [0.15, 0.2) is 0 Å². The lowest BCUT2D eigenvalue weighted by Crippen LogP contribution is -2.48. The fourth-order valence-electron chi connectivity index (χ4n) is 6.13. The highest BCUT2D eigenvalue weighted by Gasteiger charge is 2.49. The van der Waals surface area contributed by atoms with E-state index in [1.807, 2.05) is 0 Å². The molecule has 2 heteroatoms. The largest absolute Gasteiger partial charge is 0.464 e. The Hall–Kier alpha value is -1.02. The summed E-state index contributed by atoms with van der Waals surface area (Å²) < 4.78 is 13.3. The predicted molar refractivity (Wildman–Crippen MR) is 122 cm³/mol. The highest BCUT2D eigenvalue weighted by atomic mass is 16.7. The zero-order valence-corrected chi connectivity index (χ0v) is 19.4. The molecule has 5 atom stereocenters. The van der Waals surface area contributed by atoms with E-state index in [1.165, 1.54) is 63.4 Å². The molecule has 0 heterocycles. The van der Waals surface area contributed by atoms with E-state index in [0.29, 0.717) is 0 Å². The van der Waals surface area contributed by atoms with Gasteiger partial charge in [0.25, 0.3) is 0 Å². The van der Waals surface area contributed by atoms with Crippen molar-refractivity contribution in [2.24, 2.45) is 23.2 Å². The molecular formula is C27H44O2. The second kappa shape index (κ2) is 10.8. The summed E-state index contributed by atoms with van der Waals surface area (Å²) in [4.78, 5) is 0. The van der Waals surface area contributed by atoms with E-state index in [4.69, 9.17) is 9.47 Å². The third-order valence-corrected chi connectivity index (χ3v) is 7.62. The summed E-state index contributed by atoms with van der Waals surface area (Å²) >= 11 is 0. The maximum atomic E-state index is 6.63. The molecule has 29 heavy (non-hydrogen) atoms. The van der Waals surface area contributed by atoms with Crippen LogP contribution in [0.2, 0.25) is 0 Å². The van der Waals surface area contributed by atoms with Gasteiger partial charge in [0, 0.05) is 5.41 Å². The zero-order valence-electron chi connectivity index (χ0n) is 19.4. The first-order valence-electron chi connectivity index (χ1n) is 12.5. The minimum Gasteiger partial charge on any atom is -0.464 e. The highest BCUT2D eigenvalue weighted by molar-refractivity contribution is 5.27. The quantitative estimate of drug-likeness (QED) is 0.353. The molecule has 0 aliphatic heterocycles. The lowest BCUT2D eigenvalue weighted by Gasteiger charge is -2.50. The molecule has 2 aliphatic rings. The standard InChI is InChI=1S/C27H44O2/c1-5-9-22(6-2)15-17-28-26(29-25-13-11-23(7-3)12-14-25)27-16-8-10-24(20-27)18-21(4)19-27/h11-14,21-22,24,26H,5-10,15-20H2,1-4H3. The Kier molecular flexibility index (Phi) is 8.47. The summed E-state index contributed by atoms with van der Waals surface area (Å²) in [6.45, 7) is 10.1. The van der Waals surface area contributed by atoms with Crippen molar-refractivity contribution in [1.82, 2.24) is 0 Å². The molecule has 0 aromatic heterocycles. The summed E-state index contributed by atoms with van der Waals surface area (Å²) in [6, 6.07) is 8.69. The van der Waals surface area contributed by atoms with Gasteiger partial charge >= 0.3 is 0 Å². The van der Waals surface area contributed by atoms with Crippen molar-refractivity contribution in [2.45, 2.75) is 105 Å². The summed E-state index contributed by atoms with van der Waals surface area (Å²) in [6.07, 6.45) is 13.9. The Morgan fingerprint density at radius 3 is 2.55 bits per heavy atom. The SMILES string of the molecule is CCCC(CC)CCOC(Oc1ccc(CC)cc1)C12CCCC(CC(C)C1)C2. The molecule has 5 unspecified atom stereocenters. The summed E-state index contributed by atoms with van der Waals surface area (Å²) in [7, 11) is 0. The molecule has 0 radical (unpaired) electrons. The Morgan fingerprint density at radius 1 is 1.07 bits per heavy atom. The number of ether oxygens (including phenoxy) is 2. The molecule has 2 fully saturated rings. The van der Waals surface area contributed by atoms with Crippen LogP contribution in [0.25, 0.3) is 0 Å². The topological polar surface area (TPSA) is 18.5 Å². The van der Waals surface area contributed by atoms with E-state index in [0.717, 1.165) is 43.0 Å². The second-order valence-corrected chi connectivity index (χ2v) is 10.0. The molecule has 1 aromatic carbocycles. The smallest absolute Gasteiger partial charge is 0.205 e. The fraction of sp³-hybridized carbons (Fsp3) is 0.778. The molecule has 2 nitrogen and oxygen atoms in total. The number of hydrogen-bond acceptors (Lipinski definition) is 2. The number of aryl methyl sites for hydroxylation is 1. The molecule has 0 spiro atoms. The first-order chi connectivity index (χ1) is 14.1. The van der Waals surface area contributed by atoms with Gasteiger partial charge in [-0.15, -0.1) is 0 Å². The number of hydrogen-bond donors (Lipinski definition) is 0. The molecule has 2 aliphatic carbocycles. The highest BCUT2D eigenvalue weighted by Crippen LogP contribution is 2.53. The first-order valence-corrected chi connectivity index (χ1v) is 12.5. The van der Waals surface area contributed by atoms with Gasteiger partial charge in [-0.2, -0.15) is 0 Å². The minimum absolute atomic E-state index is 0.0975. The van der Waals surface area contributed by atoms with Gasteiger partial charge in [-0.1, -0.05) is 71.9 Å². The van der Waals surface area contributed by atoms with E-state index >= 15 is 0 Å². The molecule has 2 bridgehead atoms. The van der Waals surface area contributed by atoms with Crippen LogP contribution in [0.3, 0.4) is 0 Å². The van der Waals surface area contributed by atoms with Crippen molar-refractivity contribution < 1.29 is 9.47 Å². The average molecular weight is 401 g/mol. The van der Waals surface area contributed by atoms with Crippen molar-refractivity contribution in [2.75, 3.05) is 6.61 Å². The van der Waals surface area contributed by atoms with Gasteiger partial charge < -0.3 is 9.47 Å². The first kappa shape index (κ1) is 22.7. The van der Waals surface area contributed by atoms with E-state index in [9.17, 15) is 0 Å². The lowest BCUT2D eigenvalue weighted by molar-refractivity contribution is -0.193. The maximum Gasteiger partial charge on any atom is 0.205 e. The molecule has 1 aromatic rings. The summed E-state index contributed by atoms with van der Waals surface area (Å²) in [5.74, 6) is 3.41. The summed E-state index contributed by atoms with van der Waals surface area (Å²) in [5, 5.41) is 0. The van der Waals surface area contributed by atoms with Crippen molar-refractivity contribution >= 4 is 0 Å². The molecule has 0 amide bonds. The van der Waals surface area contributed by atoms with Crippen LogP contribution in [0, 0.1) is 23.2 Å². The van der Waals surface area contributed by atoms with E-state index in [2.05, 4.69) is 52.0 Å². The third-order valence-electron chi connectivity index (χ3n) is 7.62. The van der Waals surface area contributed by atoms with Gasteiger partial charge in [0.2, 0.25) is 6.29 Å². The Balaban J connectivity index is 1.73. The normalized spacial score (nSPS) is 28.7. The monoisotopic (exact) mass is 400 g/mol. The molecule has 0 saturated heterocycles. The van der Waals surface area contributed by atoms with E-state index < -0.39 is 0 Å². The van der Waals surface area contributed by atoms with E-state index in [-0.39, 0.29) is 11.7 Å². The van der Waals surface area contributed by atoms with Crippen LogP contribution in [-0.4, -0.2) is 12.9 Å². The fourth-order valence-corrected chi connectivity index (χ4v) is 6.13. The summed E-state index contributed by atoms with van der Waals surface area (Å²) in [5.41, 5.74) is 1.57. The second-order valence-electron chi connectivity index (χ2n) is 10.0. The van der Waals surface area contributed by atoms with Gasteiger partial charge in [0.1, 0.15) is 5.75 Å². The van der Waals surface area contributed by atoms with Gasteiger partial charge in [-0.25, -0.2) is 0 Å². The Morgan fingerprint density at radius 2 is 1.86 bits per heavy atom. The molecular weight excluding hydrogens is 356 g/mol. The van der Waals surface area contributed by atoms with Crippen LogP contribution in [0.15, 0.2) is 24.3 Å². The lowest BCUT2D eigenvalue weighted by atomic mass is 9.59. The number of fused-ring (bicyclic) bond motifs is 2. The predicted octanol–water partition coefficient (Wildman–Crippen LogP) is 7.79. The van der Waals surface area contributed by atoms with Crippen LogP contribution in [-0.2, 0) is 11.2 Å². The van der Waals surface area contributed by atoms with Crippen molar-refractivity contribution in [3.63, 3.8) is 0 Å². The van der Waals surface area contributed by atoms with E-state index in [1.54, 1.807) is 0 Å². The maximum absolute atomic E-state index is 6.63. The van der Waals surface area contributed by atoms with Gasteiger partial charge in [0.05, 0.1) is 6.61 Å². The number of rotatable bonds is 11. The molecule has 3 rings (SSSR count). The Bertz CT molecular complexity index is 591. The van der Waals surface area contributed by atoms with Crippen molar-refractivity contribution in [1.29, 1.82) is 0 Å². The minimum atomic E-state index is -0.0975.